The zero-order valence-electron chi connectivity index (χ0n) is 16.9. The van der Waals surface area contributed by atoms with Crippen molar-refractivity contribution in [1.82, 2.24) is 10.6 Å². The zero-order valence-corrected chi connectivity index (χ0v) is 16.9. The van der Waals surface area contributed by atoms with Gasteiger partial charge in [0.15, 0.2) is 6.04 Å². The first kappa shape index (κ1) is 22.9. The fourth-order valence-electron chi connectivity index (χ4n) is 2.72. The van der Waals surface area contributed by atoms with Crippen LogP contribution in [0, 0.1) is 0 Å². The van der Waals surface area contributed by atoms with E-state index < -0.39 is 36.2 Å². The summed E-state index contributed by atoms with van der Waals surface area (Å²) in [6.07, 6.45) is -1.79. The second kappa shape index (κ2) is 11.6. The van der Waals surface area contributed by atoms with Gasteiger partial charge in [-0.25, -0.2) is 9.59 Å². The van der Waals surface area contributed by atoms with E-state index in [9.17, 15) is 19.5 Å². The number of esters is 1. The molecule has 160 valence electrons. The lowest BCUT2D eigenvalue weighted by Crippen LogP contribution is -2.55. The number of alkyl carbamates (subject to hydrolysis) is 1. The number of rotatable bonds is 9. The molecule has 8 heteroatoms. The molecule has 3 atom stereocenters. The molecule has 0 fully saturated rings. The number of amides is 2. The summed E-state index contributed by atoms with van der Waals surface area (Å²) in [5.74, 6) is -1.43. The number of carbonyl (C=O) groups excluding carboxylic acids is 3. The van der Waals surface area contributed by atoms with Gasteiger partial charge in [-0.05, 0) is 18.1 Å². The summed E-state index contributed by atoms with van der Waals surface area (Å²) in [6.45, 7) is 1.40. The van der Waals surface area contributed by atoms with E-state index in [-0.39, 0.29) is 13.0 Å². The van der Waals surface area contributed by atoms with Crippen LogP contribution < -0.4 is 10.6 Å². The van der Waals surface area contributed by atoms with Crippen LogP contribution in [0.5, 0.6) is 0 Å². The average Bonchev–Trinajstić information content (AvgIpc) is 2.76. The van der Waals surface area contributed by atoms with E-state index in [0.717, 1.165) is 18.2 Å². The number of hydrogen-bond acceptors (Lipinski definition) is 6. The third kappa shape index (κ3) is 7.21. The van der Waals surface area contributed by atoms with Crippen molar-refractivity contribution in [1.29, 1.82) is 0 Å². The first-order valence-electron chi connectivity index (χ1n) is 9.48. The van der Waals surface area contributed by atoms with Crippen LogP contribution in [0.4, 0.5) is 4.79 Å². The fourth-order valence-corrected chi connectivity index (χ4v) is 2.72. The molecule has 2 amide bonds. The summed E-state index contributed by atoms with van der Waals surface area (Å²) >= 11 is 0. The lowest BCUT2D eigenvalue weighted by Gasteiger charge is -2.23. The van der Waals surface area contributed by atoms with Gasteiger partial charge in [0, 0.05) is 6.42 Å². The lowest BCUT2D eigenvalue weighted by molar-refractivity contribution is -0.148. The molecule has 8 nitrogen and oxygen atoms in total. The summed E-state index contributed by atoms with van der Waals surface area (Å²) in [6, 6.07) is 15.9. The summed E-state index contributed by atoms with van der Waals surface area (Å²) in [5, 5.41) is 14.8. The van der Waals surface area contributed by atoms with Gasteiger partial charge in [0.05, 0.1) is 13.2 Å². The molecule has 0 spiro atoms. The Morgan fingerprint density at radius 1 is 0.933 bits per heavy atom. The Balaban J connectivity index is 2.08. The number of aliphatic hydroxyl groups is 1. The van der Waals surface area contributed by atoms with Crippen molar-refractivity contribution >= 4 is 18.0 Å². The van der Waals surface area contributed by atoms with Gasteiger partial charge in [0.2, 0.25) is 5.91 Å². The smallest absolute Gasteiger partial charge is 0.408 e. The number of benzene rings is 2. The molecule has 30 heavy (non-hydrogen) atoms. The van der Waals surface area contributed by atoms with Crippen LogP contribution in [0.2, 0.25) is 0 Å². The molecule has 3 N–H and O–H groups in total. The second-order valence-electron chi connectivity index (χ2n) is 6.70. The van der Waals surface area contributed by atoms with Crippen molar-refractivity contribution in [2.24, 2.45) is 0 Å². The van der Waals surface area contributed by atoms with Crippen molar-refractivity contribution in [2.75, 3.05) is 7.11 Å². The minimum atomic E-state index is -1.26. The predicted molar refractivity (Wildman–Crippen MR) is 109 cm³/mol. The SMILES string of the molecule is COC(=O)[C@@H](NC(=O)[C@H](Cc1ccccc1)NC(=O)OCc1ccccc1)[C@H](C)O. The Morgan fingerprint density at radius 3 is 2.03 bits per heavy atom. The van der Waals surface area contributed by atoms with Crippen LogP contribution in [0.15, 0.2) is 60.7 Å². The van der Waals surface area contributed by atoms with Crippen molar-refractivity contribution in [3.8, 4) is 0 Å². The first-order valence-corrected chi connectivity index (χ1v) is 9.48. The Bertz CT molecular complexity index is 826. The highest BCUT2D eigenvalue weighted by Crippen LogP contribution is 2.07. The Labute approximate surface area is 175 Å². The number of nitrogens with one attached hydrogen (secondary N) is 2. The van der Waals surface area contributed by atoms with Gasteiger partial charge in [0.25, 0.3) is 0 Å². The van der Waals surface area contributed by atoms with Crippen LogP contribution in [0.3, 0.4) is 0 Å². The molecular weight excluding hydrogens is 388 g/mol. The molecule has 0 bridgehead atoms. The molecule has 0 aliphatic carbocycles. The molecular formula is C22H26N2O6. The van der Waals surface area contributed by atoms with Crippen LogP contribution in [0.25, 0.3) is 0 Å². The number of methoxy groups -OCH3 is 1. The maximum atomic E-state index is 12.8. The van der Waals surface area contributed by atoms with Crippen LogP contribution >= 0.6 is 0 Å². The van der Waals surface area contributed by atoms with E-state index in [4.69, 9.17) is 4.74 Å². The van der Waals surface area contributed by atoms with Gasteiger partial charge in [0.1, 0.15) is 12.6 Å². The van der Waals surface area contributed by atoms with Gasteiger partial charge in [-0.3, -0.25) is 4.79 Å². The molecule has 0 aliphatic rings. The lowest BCUT2D eigenvalue weighted by atomic mass is 10.0. The molecule has 0 radical (unpaired) electrons. The molecule has 0 aromatic heterocycles. The van der Waals surface area contributed by atoms with Crippen LogP contribution in [0.1, 0.15) is 18.1 Å². The Kier molecular flexibility index (Phi) is 8.83. The second-order valence-corrected chi connectivity index (χ2v) is 6.70. The van der Waals surface area contributed by atoms with Crippen molar-refractivity contribution in [3.63, 3.8) is 0 Å². The minimum Gasteiger partial charge on any atom is -0.467 e. The normalized spacial score (nSPS) is 13.4. The molecule has 2 aromatic carbocycles. The van der Waals surface area contributed by atoms with E-state index in [0.29, 0.717) is 0 Å². The molecule has 0 saturated carbocycles. The summed E-state index contributed by atoms with van der Waals surface area (Å²) in [4.78, 5) is 36.9. The highest BCUT2D eigenvalue weighted by Gasteiger charge is 2.30. The summed E-state index contributed by atoms with van der Waals surface area (Å²) in [7, 11) is 1.16. The maximum Gasteiger partial charge on any atom is 0.408 e. The highest BCUT2D eigenvalue weighted by molar-refractivity contribution is 5.90. The third-order valence-corrected chi connectivity index (χ3v) is 4.34. The molecule has 0 saturated heterocycles. The Morgan fingerprint density at radius 2 is 1.50 bits per heavy atom. The van der Waals surface area contributed by atoms with Gasteiger partial charge >= 0.3 is 12.1 Å². The fraction of sp³-hybridized carbons (Fsp3) is 0.318. The van der Waals surface area contributed by atoms with Gasteiger partial charge in [-0.1, -0.05) is 60.7 Å². The molecule has 2 rings (SSSR count). The average molecular weight is 414 g/mol. The number of aliphatic hydroxyl groups excluding tert-OH is 1. The third-order valence-electron chi connectivity index (χ3n) is 4.34. The van der Waals surface area contributed by atoms with Gasteiger partial charge < -0.3 is 25.2 Å². The highest BCUT2D eigenvalue weighted by atomic mass is 16.5. The standard InChI is InChI=1S/C22H26N2O6/c1-15(25)19(21(27)29-2)24-20(26)18(13-16-9-5-3-6-10-16)23-22(28)30-14-17-11-7-4-8-12-17/h3-12,15,18-19,25H,13-14H2,1-2H3,(H,23,28)(H,24,26)/t15-,18-,19-/m0/s1. The molecule has 0 unspecified atom stereocenters. The van der Waals surface area contributed by atoms with E-state index in [1.165, 1.54) is 6.92 Å². The van der Waals surface area contributed by atoms with Gasteiger partial charge in [-0.15, -0.1) is 0 Å². The topological polar surface area (TPSA) is 114 Å². The monoisotopic (exact) mass is 414 g/mol. The van der Waals surface area contributed by atoms with E-state index in [2.05, 4.69) is 15.4 Å². The van der Waals surface area contributed by atoms with Crippen molar-refractivity contribution in [3.05, 3.63) is 71.8 Å². The molecule has 2 aromatic rings. The number of hydrogen-bond donors (Lipinski definition) is 3. The summed E-state index contributed by atoms with van der Waals surface area (Å²) < 4.78 is 9.81. The van der Waals surface area contributed by atoms with E-state index >= 15 is 0 Å². The quantitative estimate of drug-likeness (QED) is 0.537. The van der Waals surface area contributed by atoms with Gasteiger partial charge in [-0.2, -0.15) is 0 Å². The van der Waals surface area contributed by atoms with E-state index in [1.807, 2.05) is 60.7 Å². The van der Waals surface area contributed by atoms with Crippen LogP contribution in [-0.4, -0.2) is 48.4 Å². The zero-order chi connectivity index (χ0) is 21.9. The van der Waals surface area contributed by atoms with Crippen molar-refractivity contribution in [2.45, 2.75) is 38.1 Å². The maximum absolute atomic E-state index is 12.8. The number of carbonyl (C=O) groups is 3. The summed E-state index contributed by atoms with van der Waals surface area (Å²) in [5.41, 5.74) is 1.60. The first-order chi connectivity index (χ1) is 14.4. The van der Waals surface area contributed by atoms with Crippen LogP contribution in [-0.2, 0) is 32.1 Å². The minimum absolute atomic E-state index is 0.0464. The van der Waals surface area contributed by atoms with E-state index in [1.54, 1.807) is 0 Å². The van der Waals surface area contributed by atoms with Crippen molar-refractivity contribution < 1.29 is 29.0 Å². The predicted octanol–water partition coefficient (Wildman–Crippen LogP) is 1.56. The largest absolute Gasteiger partial charge is 0.467 e. The molecule has 0 heterocycles. The molecule has 0 aliphatic heterocycles. The Hall–Kier alpha value is -3.39. The number of ether oxygens (including phenoxy) is 2.